The monoisotopic (exact) mass is 313 g/mol. The van der Waals surface area contributed by atoms with Crippen LogP contribution in [0.3, 0.4) is 0 Å². The first kappa shape index (κ1) is 15.7. The van der Waals surface area contributed by atoms with E-state index in [4.69, 9.17) is 4.42 Å². The van der Waals surface area contributed by atoms with E-state index in [1.807, 2.05) is 32.0 Å². The van der Waals surface area contributed by atoms with E-state index >= 15 is 0 Å². The second kappa shape index (κ2) is 6.54. The van der Waals surface area contributed by atoms with Crippen LogP contribution in [-0.2, 0) is 4.79 Å². The van der Waals surface area contributed by atoms with Crippen LogP contribution in [0, 0.1) is 19.8 Å². The minimum atomic E-state index is 0.0694. The maximum atomic E-state index is 12.5. The molecule has 1 aromatic carbocycles. The Kier molecular flexibility index (Phi) is 4.48. The Morgan fingerprint density at radius 3 is 2.91 bits per heavy atom. The number of nitrogens with zero attached hydrogens (tertiary/aromatic N) is 1. The molecule has 1 saturated heterocycles. The van der Waals surface area contributed by atoms with E-state index in [0.717, 1.165) is 41.9 Å². The number of carbonyl (C=O) groups is 1. The zero-order valence-electron chi connectivity index (χ0n) is 13.8. The van der Waals surface area contributed by atoms with Crippen LogP contribution in [0.4, 0.5) is 5.69 Å². The molecule has 2 N–H and O–H groups in total. The SMILES string of the molecule is Cc1coc(-c2cc(NC(=O)[C@H]3CCN[C@@H](C)C3)ccc2C)n1. The Hall–Kier alpha value is -2.14. The van der Waals surface area contributed by atoms with Gasteiger partial charge in [-0.1, -0.05) is 6.07 Å². The summed E-state index contributed by atoms with van der Waals surface area (Å²) in [6.07, 6.45) is 3.40. The standard InChI is InChI=1S/C18H23N3O2/c1-11-4-5-15(9-16(11)18-20-13(3)10-23-18)21-17(22)14-6-7-19-12(2)8-14/h4-5,9-10,12,14,19H,6-8H2,1-3H3,(H,21,22)/t12-,14-/m0/s1. The second-order valence-electron chi connectivity index (χ2n) is 6.39. The summed E-state index contributed by atoms with van der Waals surface area (Å²) in [5.74, 6) is 0.753. The number of amides is 1. The lowest BCUT2D eigenvalue weighted by atomic mass is 9.92. The molecule has 23 heavy (non-hydrogen) atoms. The van der Waals surface area contributed by atoms with Crippen molar-refractivity contribution in [1.29, 1.82) is 0 Å². The van der Waals surface area contributed by atoms with Crippen molar-refractivity contribution in [2.24, 2.45) is 5.92 Å². The molecule has 0 unspecified atom stereocenters. The number of rotatable bonds is 3. The van der Waals surface area contributed by atoms with Gasteiger partial charge in [0.05, 0.1) is 5.69 Å². The number of carbonyl (C=O) groups excluding carboxylic acids is 1. The molecule has 1 fully saturated rings. The molecule has 0 spiro atoms. The van der Waals surface area contributed by atoms with E-state index in [-0.39, 0.29) is 11.8 Å². The van der Waals surface area contributed by atoms with E-state index in [2.05, 4.69) is 22.5 Å². The van der Waals surface area contributed by atoms with E-state index in [1.165, 1.54) is 0 Å². The predicted molar refractivity (Wildman–Crippen MR) is 90.2 cm³/mol. The van der Waals surface area contributed by atoms with Gasteiger partial charge in [0.15, 0.2) is 0 Å². The second-order valence-corrected chi connectivity index (χ2v) is 6.39. The number of hydrogen-bond donors (Lipinski definition) is 2. The fourth-order valence-corrected chi connectivity index (χ4v) is 3.02. The number of aryl methyl sites for hydroxylation is 2. The molecule has 5 heteroatoms. The first-order valence-corrected chi connectivity index (χ1v) is 8.10. The van der Waals surface area contributed by atoms with Gasteiger partial charge in [0.25, 0.3) is 0 Å². The van der Waals surface area contributed by atoms with E-state index < -0.39 is 0 Å². The molecule has 0 aliphatic carbocycles. The zero-order chi connectivity index (χ0) is 16.4. The van der Waals surface area contributed by atoms with E-state index in [9.17, 15) is 4.79 Å². The van der Waals surface area contributed by atoms with Gasteiger partial charge in [0.2, 0.25) is 11.8 Å². The Labute approximate surface area is 136 Å². The minimum absolute atomic E-state index is 0.0694. The van der Waals surface area contributed by atoms with Gasteiger partial charge in [0.1, 0.15) is 6.26 Å². The van der Waals surface area contributed by atoms with Gasteiger partial charge in [-0.25, -0.2) is 4.98 Å². The number of hydrogen-bond acceptors (Lipinski definition) is 4. The third kappa shape index (κ3) is 3.62. The van der Waals surface area contributed by atoms with Crippen molar-refractivity contribution in [3.8, 4) is 11.5 Å². The van der Waals surface area contributed by atoms with Crippen LogP contribution in [-0.4, -0.2) is 23.5 Å². The Balaban J connectivity index is 1.77. The quantitative estimate of drug-likeness (QED) is 0.912. The van der Waals surface area contributed by atoms with Crippen LogP contribution in [0.25, 0.3) is 11.5 Å². The smallest absolute Gasteiger partial charge is 0.227 e. The molecular formula is C18H23N3O2. The van der Waals surface area contributed by atoms with Crippen LogP contribution in [0.1, 0.15) is 31.0 Å². The van der Waals surface area contributed by atoms with Gasteiger partial charge in [0, 0.05) is 23.2 Å². The van der Waals surface area contributed by atoms with Gasteiger partial charge < -0.3 is 15.1 Å². The topological polar surface area (TPSA) is 67.2 Å². The van der Waals surface area contributed by atoms with Crippen LogP contribution in [0.15, 0.2) is 28.9 Å². The summed E-state index contributed by atoms with van der Waals surface area (Å²) in [5.41, 5.74) is 3.62. The molecule has 1 aromatic heterocycles. The van der Waals surface area contributed by atoms with Crippen LogP contribution in [0.5, 0.6) is 0 Å². The lowest BCUT2D eigenvalue weighted by Crippen LogP contribution is -2.40. The average Bonchev–Trinajstić information content (AvgIpc) is 2.95. The third-order valence-corrected chi connectivity index (χ3v) is 4.35. The fourth-order valence-electron chi connectivity index (χ4n) is 3.02. The van der Waals surface area contributed by atoms with Gasteiger partial charge in [-0.3, -0.25) is 4.79 Å². The molecular weight excluding hydrogens is 290 g/mol. The molecule has 0 saturated carbocycles. The van der Waals surface area contributed by atoms with Gasteiger partial charge in [-0.05, 0) is 57.9 Å². The number of benzene rings is 1. The van der Waals surface area contributed by atoms with Crippen LogP contribution in [0.2, 0.25) is 0 Å². The first-order valence-electron chi connectivity index (χ1n) is 8.10. The van der Waals surface area contributed by atoms with E-state index in [1.54, 1.807) is 6.26 Å². The molecule has 122 valence electrons. The molecule has 5 nitrogen and oxygen atoms in total. The highest BCUT2D eigenvalue weighted by atomic mass is 16.3. The highest BCUT2D eigenvalue weighted by Gasteiger charge is 2.24. The third-order valence-electron chi connectivity index (χ3n) is 4.35. The number of piperidine rings is 1. The summed E-state index contributed by atoms with van der Waals surface area (Å²) >= 11 is 0. The summed E-state index contributed by atoms with van der Waals surface area (Å²) in [5, 5.41) is 6.41. The summed E-state index contributed by atoms with van der Waals surface area (Å²) in [7, 11) is 0. The van der Waals surface area contributed by atoms with Gasteiger partial charge in [-0.2, -0.15) is 0 Å². The zero-order valence-corrected chi connectivity index (χ0v) is 13.8. The normalized spacial score (nSPS) is 21.2. The molecule has 0 bridgehead atoms. The molecule has 3 rings (SSSR count). The highest BCUT2D eigenvalue weighted by Crippen LogP contribution is 2.27. The molecule has 1 amide bonds. The summed E-state index contributed by atoms with van der Waals surface area (Å²) in [4.78, 5) is 16.8. The number of oxazole rings is 1. The number of aromatic nitrogens is 1. The summed E-state index contributed by atoms with van der Waals surface area (Å²) < 4.78 is 5.49. The molecule has 2 aromatic rings. The largest absolute Gasteiger partial charge is 0.444 e. The molecule has 2 atom stereocenters. The van der Waals surface area contributed by atoms with Crippen molar-refractivity contribution < 1.29 is 9.21 Å². The molecule has 0 radical (unpaired) electrons. The predicted octanol–water partition coefficient (Wildman–Crippen LogP) is 3.29. The van der Waals surface area contributed by atoms with E-state index in [0.29, 0.717) is 11.9 Å². The lowest BCUT2D eigenvalue weighted by Gasteiger charge is -2.27. The molecule has 1 aliphatic rings. The van der Waals surface area contributed by atoms with Crippen molar-refractivity contribution in [2.45, 2.75) is 39.7 Å². The maximum Gasteiger partial charge on any atom is 0.227 e. The van der Waals surface area contributed by atoms with Crippen LogP contribution < -0.4 is 10.6 Å². The number of nitrogens with one attached hydrogen (secondary N) is 2. The fraction of sp³-hybridized carbons (Fsp3) is 0.444. The van der Waals surface area contributed by atoms with Gasteiger partial charge >= 0.3 is 0 Å². The van der Waals surface area contributed by atoms with Crippen molar-refractivity contribution in [2.75, 3.05) is 11.9 Å². The average molecular weight is 313 g/mol. The molecule has 2 heterocycles. The number of anilines is 1. The summed E-state index contributed by atoms with van der Waals surface area (Å²) in [6.45, 7) is 6.92. The van der Waals surface area contributed by atoms with Gasteiger partial charge in [-0.15, -0.1) is 0 Å². The first-order chi connectivity index (χ1) is 11.0. The van der Waals surface area contributed by atoms with Crippen molar-refractivity contribution in [3.05, 3.63) is 35.7 Å². The maximum absolute atomic E-state index is 12.5. The minimum Gasteiger partial charge on any atom is -0.444 e. The summed E-state index contributed by atoms with van der Waals surface area (Å²) in [6, 6.07) is 6.23. The highest BCUT2D eigenvalue weighted by molar-refractivity contribution is 5.93. The van der Waals surface area contributed by atoms with Crippen molar-refractivity contribution >= 4 is 11.6 Å². The Morgan fingerprint density at radius 1 is 1.39 bits per heavy atom. The van der Waals surface area contributed by atoms with Crippen LogP contribution >= 0.6 is 0 Å². The Bertz CT molecular complexity index is 708. The lowest BCUT2D eigenvalue weighted by molar-refractivity contribution is -0.120. The van der Waals surface area contributed by atoms with Crippen molar-refractivity contribution in [3.63, 3.8) is 0 Å². The molecule has 1 aliphatic heterocycles. The Morgan fingerprint density at radius 2 is 2.22 bits per heavy atom. The van der Waals surface area contributed by atoms with Crippen molar-refractivity contribution in [1.82, 2.24) is 10.3 Å².